The van der Waals surface area contributed by atoms with E-state index >= 15 is 0 Å². The van der Waals surface area contributed by atoms with Crippen molar-refractivity contribution in [2.75, 3.05) is 0 Å². The number of aliphatic carboxylic acids is 2. The van der Waals surface area contributed by atoms with Crippen molar-refractivity contribution in [2.24, 2.45) is 4.99 Å². The fourth-order valence-corrected chi connectivity index (χ4v) is 8.57. The minimum absolute atomic E-state index is 0.0278. The average molecular weight is 921 g/mol. The molecule has 2 fully saturated rings. The van der Waals surface area contributed by atoms with Crippen LogP contribution in [0.4, 0.5) is 0 Å². The highest BCUT2D eigenvalue weighted by Crippen LogP contribution is 2.35. The van der Waals surface area contributed by atoms with E-state index < -0.39 is 91.0 Å². The molecule has 66 heavy (non-hydrogen) atoms. The molecule has 0 radical (unpaired) electrons. The molecule has 11 atom stereocenters. The van der Waals surface area contributed by atoms with E-state index in [9.17, 15) is 69.6 Å². The number of aliphatic hydroxyl groups excluding tert-OH is 6. The summed E-state index contributed by atoms with van der Waals surface area (Å²) in [6.07, 6.45) is -14.1. The minimum Gasteiger partial charge on any atom is -0.479 e. The summed E-state index contributed by atoms with van der Waals surface area (Å²) in [5, 5.41) is 86.6. The molecule has 0 bridgehead atoms. The molecule has 0 saturated carbocycles. The highest BCUT2D eigenvalue weighted by Gasteiger charge is 2.50. The van der Waals surface area contributed by atoms with Crippen molar-refractivity contribution in [1.82, 2.24) is 15.6 Å². The number of carbonyl (C=O) groups is 6. The zero-order chi connectivity index (χ0) is 48.6. The van der Waals surface area contributed by atoms with E-state index in [2.05, 4.69) is 28.8 Å². The molecule has 5 aliphatic rings. The number of aliphatic imine (C=N–C) groups is 1. The Morgan fingerprint density at radius 1 is 0.697 bits per heavy atom. The number of nitrogens with zero attached hydrogens (tertiary/aromatic N) is 1. The van der Waals surface area contributed by atoms with Gasteiger partial charge in [0, 0.05) is 53.1 Å². The summed E-state index contributed by atoms with van der Waals surface area (Å²) in [5.41, 5.74) is 6.71. The van der Waals surface area contributed by atoms with Gasteiger partial charge in [0.05, 0.1) is 17.5 Å². The van der Waals surface area contributed by atoms with Crippen molar-refractivity contribution in [1.29, 1.82) is 0 Å². The lowest BCUT2D eigenvalue weighted by atomic mass is 9.90. The Bertz CT molecular complexity index is 2460. The maximum atomic E-state index is 13.6. The monoisotopic (exact) mass is 920 g/mol. The molecule has 6 heterocycles. The lowest BCUT2D eigenvalue weighted by molar-refractivity contribution is -0.286. The standard InChI is InChI=1S/C45H52N4O17/c1-7-20-19(6)41(58)49-27(20)14-25-17(4)22(9-11-30(50)38-34(54)32(52)35(55)39(65-38)43(60)61)28(47-25)15-29-23(18(5)24(46-29)13-26-16(3)21(8-2)42(59)48-26)10-12-31(51)64-45-37(57)33(53)36(56)40(66-45)44(62)63/h7-8,13-14,29,32-40,45,47,52-57H,1-2,9-12,15H2,3-6H3,(H,48,59)(H,49,58)(H,60,61)(H,62,63)/b26-13-,27-14-/t29?,32-,33?,34?,35-,36-,37-,38+,39?,40?,45+/m0/s1. The molecular formula is C45H52N4O17. The fraction of sp³-hybridized carbons (Fsp3) is 0.444. The molecule has 0 spiro atoms. The van der Waals surface area contributed by atoms with E-state index in [1.54, 1.807) is 39.8 Å². The van der Waals surface area contributed by atoms with E-state index in [0.29, 0.717) is 73.1 Å². The predicted molar refractivity (Wildman–Crippen MR) is 229 cm³/mol. The Morgan fingerprint density at radius 2 is 1.29 bits per heavy atom. The van der Waals surface area contributed by atoms with Crippen molar-refractivity contribution in [3.8, 4) is 0 Å². The van der Waals surface area contributed by atoms with E-state index in [0.717, 1.165) is 0 Å². The van der Waals surface area contributed by atoms with Crippen molar-refractivity contribution in [3.63, 3.8) is 0 Å². The Hall–Kier alpha value is -6.17. The number of carboxylic acid groups (broad SMARTS) is 2. The molecule has 2 saturated heterocycles. The quantitative estimate of drug-likeness (QED) is 0.0900. The number of carbonyl (C=O) groups excluding carboxylic acids is 4. The van der Waals surface area contributed by atoms with Gasteiger partial charge in [0.1, 0.15) is 42.7 Å². The molecule has 5 aliphatic heterocycles. The number of Topliss-reactive ketones (excluding diaryl/α,β-unsaturated/α-hetero) is 1. The summed E-state index contributed by atoms with van der Waals surface area (Å²) < 4.78 is 15.7. The molecule has 5 unspecified atom stereocenters. The molecule has 21 nitrogen and oxygen atoms in total. The van der Waals surface area contributed by atoms with Gasteiger partial charge in [-0.2, -0.15) is 0 Å². The molecule has 354 valence electrons. The summed E-state index contributed by atoms with van der Waals surface area (Å²) in [6.45, 7) is 14.4. The fourth-order valence-electron chi connectivity index (χ4n) is 8.57. The van der Waals surface area contributed by atoms with Crippen LogP contribution in [0.1, 0.15) is 62.5 Å². The number of allylic oxidation sites excluding steroid dienone is 4. The van der Waals surface area contributed by atoms with Crippen molar-refractivity contribution < 1.29 is 83.8 Å². The molecule has 0 aromatic carbocycles. The number of ketones is 1. The topological polar surface area (TPSA) is 344 Å². The summed E-state index contributed by atoms with van der Waals surface area (Å²) in [4.78, 5) is 84.0. The second kappa shape index (κ2) is 19.7. The van der Waals surface area contributed by atoms with Crippen LogP contribution in [0.5, 0.6) is 0 Å². The van der Waals surface area contributed by atoms with Crippen LogP contribution in [0.3, 0.4) is 0 Å². The number of carboxylic acids is 2. The van der Waals surface area contributed by atoms with Crippen molar-refractivity contribution >= 4 is 47.3 Å². The molecular weight excluding hydrogens is 869 g/mol. The van der Waals surface area contributed by atoms with Crippen LogP contribution in [0.2, 0.25) is 0 Å². The number of ether oxygens (including phenoxy) is 3. The van der Waals surface area contributed by atoms with Gasteiger partial charge in [-0.1, -0.05) is 25.3 Å². The van der Waals surface area contributed by atoms with Crippen LogP contribution in [-0.4, -0.2) is 154 Å². The lowest BCUT2D eigenvalue weighted by Gasteiger charge is -2.38. The van der Waals surface area contributed by atoms with Crippen LogP contribution in [0.25, 0.3) is 6.08 Å². The Kier molecular flexibility index (Phi) is 14.7. The summed E-state index contributed by atoms with van der Waals surface area (Å²) in [7, 11) is 0. The van der Waals surface area contributed by atoms with Crippen molar-refractivity contribution in [2.45, 2.75) is 127 Å². The van der Waals surface area contributed by atoms with Crippen LogP contribution in [0, 0.1) is 6.92 Å². The molecule has 2 amide bonds. The molecule has 6 rings (SSSR count). The van der Waals surface area contributed by atoms with Gasteiger partial charge in [0.25, 0.3) is 11.8 Å². The molecule has 1 aromatic heterocycles. The van der Waals surface area contributed by atoms with E-state index in [1.807, 2.05) is 0 Å². The van der Waals surface area contributed by atoms with Gasteiger partial charge in [-0.15, -0.1) is 0 Å². The Morgan fingerprint density at radius 3 is 1.89 bits per heavy atom. The van der Waals surface area contributed by atoms with Gasteiger partial charge in [0.2, 0.25) is 6.29 Å². The highest BCUT2D eigenvalue weighted by atomic mass is 16.7. The van der Waals surface area contributed by atoms with Gasteiger partial charge in [-0.25, -0.2) is 9.59 Å². The average Bonchev–Trinajstić information content (AvgIpc) is 3.92. The Balaban J connectivity index is 1.34. The zero-order valence-electron chi connectivity index (χ0n) is 36.3. The number of aromatic amines is 1. The van der Waals surface area contributed by atoms with Gasteiger partial charge in [-0.3, -0.25) is 24.2 Å². The molecule has 21 heteroatoms. The number of hydrogen-bond donors (Lipinski definition) is 11. The van der Waals surface area contributed by atoms with Gasteiger partial charge < -0.3 is 70.7 Å². The normalized spacial score (nSPS) is 31.4. The van der Waals surface area contributed by atoms with Gasteiger partial charge in [0.15, 0.2) is 18.0 Å². The van der Waals surface area contributed by atoms with Crippen LogP contribution in [0.15, 0.2) is 81.2 Å². The van der Waals surface area contributed by atoms with Crippen LogP contribution >= 0.6 is 0 Å². The first-order valence-corrected chi connectivity index (χ1v) is 20.9. The number of aliphatic hydroxyl groups is 6. The van der Waals surface area contributed by atoms with E-state index in [-0.39, 0.29) is 43.9 Å². The summed E-state index contributed by atoms with van der Waals surface area (Å²) in [6, 6.07) is -0.740. The zero-order valence-corrected chi connectivity index (χ0v) is 36.3. The number of rotatable bonds is 16. The smallest absolute Gasteiger partial charge is 0.335 e. The maximum Gasteiger partial charge on any atom is 0.335 e. The largest absolute Gasteiger partial charge is 0.479 e. The van der Waals surface area contributed by atoms with Crippen LogP contribution < -0.4 is 10.6 Å². The van der Waals surface area contributed by atoms with Crippen molar-refractivity contribution in [3.05, 3.63) is 98.7 Å². The summed E-state index contributed by atoms with van der Waals surface area (Å²) in [5.74, 6) is -5.76. The first kappa shape index (κ1) is 49.3. The third kappa shape index (κ3) is 9.55. The third-order valence-corrected chi connectivity index (χ3v) is 12.5. The van der Waals surface area contributed by atoms with Gasteiger partial charge in [-0.05, 0) is 80.5 Å². The highest BCUT2D eigenvalue weighted by molar-refractivity contribution is 6.13. The third-order valence-electron chi connectivity index (χ3n) is 12.5. The maximum absolute atomic E-state index is 13.6. The van der Waals surface area contributed by atoms with E-state index in [1.165, 1.54) is 12.2 Å². The second-order valence-corrected chi connectivity index (χ2v) is 16.5. The number of hydrogen-bond acceptors (Lipinski definition) is 16. The number of aromatic nitrogens is 1. The van der Waals surface area contributed by atoms with E-state index in [4.69, 9.17) is 19.2 Å². The minimum atomic E-state index is -2.01. The SMILES string of the molecule is C=CC1=C(C)/C(=C/C2=NC(Cc3[nH]c(/C=C4\NC(=O)C(C)=C4C=C)c(C)c3CCC(=O)[C@H]3OC(C(=O)O)[C@@H](O)[C@@H](O)C3O)C(CCC(=O)O[C@@H]3OC(C(=O)O)[C@@H](O)C(O)[C@@H]3O)=C2C)NC1=O. The lowest BCUT2D eigenvalue weighted by Crippen LogP contribution is -2.61. The van der Waals surface area contributed by atoms with Crippen LogP contribution in [-0.2, 0) is 55.8 Å². The number of H-pyrrole nitrogens is 1. The number of esters is 1. The summed E-state index contributed by atoms with van der Waals surface area (Å²) >= 11 is 0. The Labute approximate surface area is 376 Å². The first-order valence-electron chi connectivity index (χ1n) is 20.9. The molecule has 1 aromatic rings. The second-order valence-electron chi connectivity index (χ2n) is 16.5. The predicted octanol–water partition coefficient (Wildman–Crippen LogP) is -0.853. The molecule has 11 N–H and O–H groups in total. The number of nitrogens with one attached hydrogen (secondary N) is 3. The van der Waals surface area contributed by atoms with Gasteiger partial charge >= 0.3 is 17.9 Å². The first-order chi connectivity index (χ1) is 31.1. The number of amides is 2. The molecule has 0 aliphatic carbocycles.